The molecule has 4 heteroatoms. The van der Waals surface area contributed by atoms with Gasteiger partial charge < -0.3 is 4.90 Å². The van der Waals surface area contributed by atoms with Crippen LogP contribution in [0.4, 0.5) is 5.69 Å². The molecule has 2 aromatic heterocycles. The smallest absolute Gasteiger partial charge is 0.139 e. The van der Waals surface area contributed by atoms with Gasteiger partial charge in [-0.25, -0.2) is 4.98 Å². The topological polar surface area (TPSA) is 20.5 Å². The zero-order valence-electron chi connectivity index (χ0n) is 8.94. The Hall–Kier alpha value is -1.03. The summed E-state index contributed by atoms with van der Waals surface area (Å²) in [5.41, 5.74) is 2.21. The largest absolute Gasteiger partial charge is 0.372 e. The van der Waals surface area contributed by atoms with Crippen LogP contribution >= 0.6 is 15.9 Å². The Morgan fingerprint density at radius 1 is 1.40 bits per heavy atom. The second kappa shape index (κ2) is 4.23. The van der Waals surface area contributed by atoms with Gasteiger partial charge in [-0.1, -0.05) is 0 Å². The third-order valence-electron chi connectivity index (χ3n) is 2.58. The molecule has 0 spiro atoms. The van der Waals surface area contributed by atoms with E-state index in [4.69, 9.17) is 0 Å². The number of hydrogen-bond acceptors (Lipinski definition) is 2. The molecule has 15 heavy (non-hydrogen) atoms. The van der Waals surface area contributed by atoms with E-state index in [1.54, 1.807) is 0 Å². The summed E-state index contributed by atoms with van der Waals surface area (Å²) >= 11 is 3.45. The molecule has 2 rings (SSSR count). The van der Waals surface area contributed by atoms with Crippen molar-refractivity contribution in [2.24, 2.45) is 0 Å². The molecule has 0 saturated carbocycles. The number of anilines is 1. The average molecular weight is 268 g/mol. The molecule has 2 aromatic rings. The second-order valence-electron chi connectivity index (χ2n) is 3.37. The van der Waals surface area contributed by atoms with Gasteiger partial charge in [0.1, 0.15) is 10.3 Å². The maximum Gasteiger partial charge on any atom is 0.139 e. The molecule has 3 nitrogen and oxygen atoms in total. The van der Waals surface area contributed by atoms with E-state index in [9.17, 15) is 0 Å². The molecule has 0 unspecified atom stereocenters. The van der Waals surface area contributed by atoms with Crippen molar-refractivity contribution >= 4 is 27.3 Å². The Morgan fingerprint density at radius 2 is 2.13 bits per heavy atom. The monoisotopic (exact) mass is 267 g/mol. The molecule has 0 saturated heterocycles. The Kier molecular flexibility index (Phi) is 2.95. The minimum absolute atomic E-state index is 0.978. The lowest BCUT2D eigenvalue weighted by atomic mass is 10.3. The zero-order chi connectivity index (χ0) is 10.8. The van der Waals surface area contributed by atoms with Gasteiger partial charge in [0.05, 0.1) is 6.20 Å². The van der Waals surface area contributed by atoms with Crippen molar-refractivity contribution in [3.05, 3.63) is 29.1 Å². The number of pyridine rings is 1. The van der Waals surface area contributed by atoms with Crippen LogP contribution in [-0.2, 0) is 0 Å². The van der Waals surface area contributed by atoms with Crippen LogP contribution < -0.4 is 4.90 Å². The molecule has 0 bridgehead atoms. The van der Waals surface area contributed by atoms with Crippen LogP contribution in [0.15, 0.2) is 29.1 Å². The summed E-state index contributed by atoms with van der Waals surface area (Å²) in [6.07, 6.45) is 3.86. The first-order chi connectivity index (χ1) is 7.26. The van der Waals surface area contributed by atoms with E-state index in [0.29, 0.717) is 0 Å². The van der Waals surface area contributed by atoms with Crippen LogP contribution in [-0.4, -0.2) is 22.5 Å². The standard InChI is InChI=1S/C11H14BrN3/c1-3-14(4-2)9-5-6-15-10(12)8-13-11(15)7-9/h5-8H,3-4H2,1-2H3. The van der Waals surface area contributed by atoms with Gasteiger partial charge in [0.2, 0.25) is 0 Å². The second-order valence-corrected chi connectivity index (χ2v) is 4.18. The van der Waals surface area contributed by atoms with Gasteiger partial charge in [-0.3, -0.25) is 4.40 Å². The number of nitrogens with zero attached hydrogens (tertiary/aromatic N) is 3. The van der Waals surface area contributed by atoms with Crippen LogP contribution in [0.5, 0.6) is 0 Å². The van der Waals surface area contributed by atoms with Gasteiger partial charge in [0, 0.05) is 31.0 Å². The molecule has 0 atom stereocenters. The molecular formula is C11H14BrN3. The van der Waals surface area contributed by atoms with Gasteiger partial charge in [0.15, 0.2) is 0 Å². The SMILES string of the molecule is CCN(CC)c1ccn2c(Br)cnc2c1. The molecule has 80 valence electrons. The van der Waals surface area contributed by atoms with Crippen molar-refractivity contribution in [1.29, 1.82) is 0 Å². The predicted molar refractivity (Wildman–Crippen MR) is 66.5 cm³/mol. The summed E-state index contributed by atoms with van der Waals surface area (Å²) in [4.78, 5) is 6.63. The molecule has 2 heterocycles. The summed E-state index contributed by atoms with van der Waals surface area (Å²) in [5, 5.41) is 0. The van der Waals surface area contributed by atoms with Crippen LogP contribution in [0.1, 0.15) is 13.8 Å². The molecular weight excluding hydrogens is 254 g/mol. The fourth-order valence-corrected chi connectivity index (χ4v) is 2.13. The summed E-state index contributed by atoms with van der Waals surface area (Å²) in [6.45, 7) is 6.37. The number of hydrogen-bond donors (Lipinski definition) is 0. The highest BCUT2D eigenvalue weighted by Gasteiger charge is 2.05. The van der Waals surface area contributed by atoms with Crippen LogP contribution in [0.2, 0.25) is 0 Å². The van der Waals surface area contributed by atoms with Gasteiger partial charge in [-0.2, -0.15) is 0 Å². The number of halogens is 1. The lowest BCUT2D eigenvalue weighted by Crippen LogP contribution is -2.21. The maximum atomic E-state index is 4.32. The Labute approximate surface area is 97.9 Å². The van der Waals surface area contributed by atoms with E-state index in [1.807, 2.05) is 16.8 Å². The minimum Gasteiger partial charge on any atom is -0.372 e. The predicted octanol–water partition coefficient (Wildman–Crippen LogP) is 2.94. The first-order valence-corrected chi connectivity index (χ1v) is 5.93. The molecule has 0 aromatic carbocycles. The molecule has 0 fully saturated rings. The normalized spacial score (nSPS) is 10.9. The average Bonchev–Trinajstić information content (AvgIpc) is 2.62. The third-order valence-corrected chi connectivity index (χ3v) is 3.17. The van der Waals surface area contributed by atoms with Crippen LogP contribution in [0.25, 0.3) is 5.65 Å². The van der Waals surface area contributed by atoms with Crippen molar-refractivity contribution in [3.8, 4) is 0 Å². The quantitative estimate of drug-likeness (QED) is 0.853. The van der Waals surface area contributed by atoms with Crippen LogP contribution in [0.3, 0.4) is 0 Å². The van der Waals surface area contributed by atoms with E-state index in [2.05, 4.69) is 51.8 Å². The van der Waals surface area contributed by atoms with E-state index in [0.717, 1.165) is 23.3 Å². The molecule has 0 N–H and O–H groups in total. The zero-order valence-corrected chi connectivity index (χ0v) is 10.5. The van der Waals surface area contributed by atoms with E-state index < -0.39 is 0 Å². The van der Waals surface area contributed by atoms with Gasteiger partial charge >= 0.3 is 0 Å². The summed E-state index contributed by atoms with van der Waals surface area (Å²) < 4.78 is 3.01. The van der Waals surface area contributed by atoms with Gasteiger partial charge in [-0.15, -0.1) is 0 Å². The molecule has 0 amide bonds. The Morgan fingerprint density at radius 3 is 2.80 bits per heavy atom. The molecule has 0 aliphatic carbocycles. The number of rotatable bonds is 3. The highest BCUT2D eigenvalue weighted by atomic mass is 79.9. The van der Waals surface area contributed by atoms with Crippen molar-refractivity contribution in [2.45, 2.75) is 13.8 Å². The van der Waals surface area contributed by atoms with E-state index >= 15 is 0 Å². The maximum absolute atomic E-state index is 4.32. The number of fused-ring (bicyclic) bond motifs is 1. The molecule has 0 aliphatic rings. The Bertz CT molecular complexity index is 460. The summed E-state index contributed by atoms with van der Waals surface area (Å²) in [7, 11) is 0. The first kappa shape index (κ1) is 10.5. The van der Waals surface area contributed by atoms with E-state index in [-0.39, 0.29) is 0 Å². The fourth-order valence-electron chi connectivity index (χ4n) is 1.72. The number of aromatic nitrogens is 2. The van der Waals surface area contributed by atoms with Crippen molar-refractivity contribution in [1.82, 2.24) is 9.38 Å². The Balaban J connectivity index is 2.46. The van der Waals surface area contributed by atoms with Gasteiger partial charge in [-0.05, 0) is 35.8 Å². The lowest BCUT2D eigenvalue weighted by Gasteiger charge is -2.20. The molecule has 0 radical (unpaired) electrons. The van der Waals surface area contributed by atoms with Crippen molar-refractivity contribution in [3.63, 3.8) is 0 Å². The summed E-state index contributed by atoms with van der Waals surface area (Å²) in [5.74, 6) is 0. The fraction of sp³-hybridized carbons (Fsp3) is 0.364. The van der Waals surface area contributed by atoms with Gasteiger partial charge in [0.25, 0.3) is 0 Å². The highest BCUT2D eigenvalue weighted by molar-refractivity contribution is 9.10. The van der Waals surface area contributed by atoms with Crippen LogP contribution in [0, 0.1) is 0 Å². The van der Waals surface area contributed by atoms with Crippen molar-refractivity contribution in [2.75, 3.05) is 18.0 Å². The summed E-state index contributed by atoms with van der Waals surface area (Å²) in [6, 6.07) is 4.23. The molecule has 0 aliphatic heterocycles. The minimum atomic E-state index is 0.978. The third kappa shape index (κ3) is 1.86. The first-order valence-electron chi connectivity index (χ1n) is 5.13. The highest BCUT2D eigenvalue weighted by Crippen LogP contribution is 2.19. The van der Waals surface area contributed by atoms with E-state index in [1.165, 1.54) is 5.69 Å². The number of imidazole rings is 1. The lowest BCUT2D eigenvalue weighted by molar-refractivity contribution is 0.864. The van der Waals surface area contributed by atoms with Crippen molar-refractivity contribution < 1.29 is 0 Å².